The van der Waals surface area contributed by atoms with Crippen molar-refractivity contribution in [2.75, 3.05) is 20.2 Å². The minimum Gasteiger partial charge on any atom is -0.496 e. The third-order valence-corrected chi connectivity index (χ3v) is 3.02. The van der Waals surface area contributed by atoms with E-state index in [1.54, 1.807) is 18.2 Å². The van der Waals surface area contributed by atoms with Gasteiger partial charge in [-0.25, -0.2) is 0 Å². The van der Waals surface area contributed by atoms with Crippen molar-refractivity contribution in [1.29, 1.82) is 0 Å². The topological polar surface area (TPSA) is 67.4 Å². The van der Waals surface area contributed by atoms with Gasteiger partial charge in [-0.05, 0) is 24.1 Å². The number of hydrogen-bond donors (Lipinski definition) is 2. The van der Waals surface area contributed by atoms with E-state index in [-0.39, 0.29) is 18.4 Å². The molecule has 0 heterocycles. The molecule has 5 nitrogen and oxygen atoms in total. The van der Waals surface area contributed by atoms with Crippen LogP contribution in [0.4, 0.5) is 0 Å². The van der Waals surface area contributed by atoms with Gasteiger partial charge < -0.3 is 15.4 Å². The largest absolute Gasteiger partial charge is 0.496 e. The van der Waals surface area contributed by atoms with Crippen molar-refractivity contribution in [3.05, 3.63) is 28.2 Å². The standard InChI is InChI=1S/C14H19BrN2O3/c1-9(2)7-16-13(18)8-17-14(19)11-5-4-10(15)6-12(11)20-3/h4-6,9H,7-8H2,1-3H3,(H,16,18)(H,17,19). The lowest BCUT2D eigenvalue weighted by atomic mass is 10.2. The molecule has 0 aromatic heterocycles. The van der Waals surface area contributed by atoms with E-state index in [9.17, 15) is 9.59 Å². The molecule has 0 saturated heterocycles. The molecule has 0 spiro atoms. The highest BCUT2D eigenvalue weighted by atomic mass is 79.9. The number of benzene rings is 1. The minimum atomic E-state index is -0.339. The molecule has 20 heavy (non-hydrogen) atoms. The quantitative estimate of drug-likeness (QED) is 0.830. The predicted molar refractivity (Wildman–Crippen MR) is 80.9 cm³/mol. The Morgan fingerprint density at radius 2 is 2.00 bits per heavy atom. The van der Waals surface area contributed by atoms with Crippen LogP contribution in [0, 0.1) is 5.92 Å². The average Bonchev–Trinajstić information content (AvgIpc) is 2.42. The van der Waals surface area contributed by atoms with Crippen LogP contribution in [0.15, 0.2) is 22.7 Å². The van der Waals surface area contributed by atoms with Crippen molar-refractivity contribution in [3.63, 3.8) is 0 Å². The summed E-state index contributed by atoms with van der Waals surface area (Å²) in [4.78, 5) is 23.5. The Bertz CT molecular complexity index is 489. The van der Waals surface area contributed by atoms with E-state index in [4.69, 9.17) is 4.74 Å². The van der Waals surface area contributed by atoms with Gasteiger partial charge in [-0.15, -0.1) is 0 Å². The van der Waals surface area contributed by atoms with Crippen LogP contribution in [0.2, 0.25) is 0 Å². The van der Waals surface area contributed by atoms with Crippen LogP contribution in [0.25, 0.3) is 0 Å². The third kappa shape index (κ3) is 5.21. The minimum absolute atomic E-state index is 0.0508. The molecular weight excluding hydrogens is 324 g/mol. The summed E-state index contributed by atoms with van der Waals surface area (Å²) < 4.78 is 5.96. The molecule has 2 N–H and O–H groups in total. The molecule has 0 bridgehead atoms. The van der Waals surface area contributed by atoms with Crippen molar-refractivity contribution in [1.82, 2.24) is 10.6 Å². The van der Waals surface area contributed by atoms with Gasteiger partial charge in [0.2, 0.25) is 5.91 Å². The molecular formula is C14H19BrN2O3. The van der Waals surface area contributed by atoms with Crippen molar-refractivity contribution in [2.24, 2.45) is 5.92 Å². The van der Waals surface area contributed by atoms with E-state index in [1.807, 2.05) is 13.8 Å². The maximum atomic E-state index is 12.0. The van der Waals surface area contributed by atoms with E-state index >= 15 is 0 Å². The van der Waals surface area contributed by atoms with Crippen LogP contribution < -0.4 is 15.4 Å². The molecule has 0 unspecified atom stereocenters. The van der Waals surface area contributed by atoms with Crippen molar-refractivity contribution < 1.29 is 14.3 Å². The molecule has 0 radical (unpaired) electrons. The number of rotatable bonds is 6. The lowest BCUT2D eigenvalue weighted by Crippen LogP contribution is -2.38. The number of carbonyl (C=O) groups excluding carboxylic acids is 2. The maximum absolute atomic E-state index is 12.0. The van der Waals surface area contributed by atoms with Crippen molar-refractivity contribution in [3.8, 4) is 5.75 Å². The van der Waals surface area contributed by atoms with Gasteiger partial charge in [-0.3, -0.25) is 9.59 Å². The number of amides is 2. The molecule has 1 aromatic carbocycles. The van der Waals surface area contributed by atoms with Crippen LogP contribution in [-0.2, 0) is 4.79 Å². The van der Waals surface area contributed by atoms with Crippen LogP contribution in [0.5, 0.6) is 5.75 Å². The van der Waals surface area contributed by atoms with Gasteiger partial charge in [0.25, 0.3) is 5.91 Å². The molecule has 1 aromatic rings. The van der Waals surface area contributed by atoms with Crippen LogP contribution in [0.1, 0.15) is 24.2 Å². The van der Waals surface area contributed by atoms with E-state index in [0.717, 1.165) is 4.47 Å². The summed E-state index contributed by atoms with van der Waals surface area (Å²) in [6.45, 7) is 4.55. The van der Waals surface area contributed by atoms with E-state index in [2.05, 4.69) is 26.6 Å². The van der Waals surface area contributed by atoms with Crippen LogP contribution >= 0.6 is 15.9 Å². The zero-order valence-corrected chi connectivity index (χ0v) is 13.4. The Morgan fingerprint density at radius 3 is 2.60 bits per heavy atom. The lowest BCUT2D eigenvalue weighted by molar-refractivity contribution is -0.120. The Morgan fingerprint density at radius 1 is 1.30 bits per heavy atom. The number of nitrogens with one attached hydrogen (secondary N) is 2. The van der Waals surface area contributed by atoms with Gasteiger partial charge in [-0.1, -0.05) is 29.8 Å². The Balaban J connectivity index is 2.57. The summed E-state index contributed by atoms with van der Waals surface area (Å²) in [5.41, 5.74) is 0.396. The predicted octanol–water partition coefficient (Wildman–Crippen LogP) is 1.96. The third-order valence-electron chi connectivity index (χ3n) is 2.53. The molecule has 0 aliphatic carbocycles. The number of ether oxygens (including phenoxy) is 1. The van der Waals surface area contributed by atoms with Gasteiger partial charge in [0, 0.05) is 11.0 Å². The average molecular weight is 343 g/mol. The van der Waals surface area contributed by atoms with Gasteiger partial charge in [0.15, 0.2) is 0 Å². The van der Waals surface area contributed by atoms with Crippen molar-refractivity contribution in [2.45, 2.75) is 13.8 Å². The highest BCUT2D eigenvalue weighted by molar-refractivity contribution is 9.10. The number of hydrogen-bond acceptors (Lipinski definition) is 3. The number of carbonyl (C=O) groups is 2. The second-order valence-corrected chi connectivity index (χ2v) is 5.64. The second-order valence-electron chi connectivity index (χ2n) is 4.73. The Labute approximate surface area is 127 Å². The fraction of sp³-hybridized carbons (Fsp3) is 0.429. The molecule has 1 rings (SSSR count). The molecule has 0 aliphatic rings. The summed E-state index contributed by atoms with van der Waals surface area (Å²) in [6, 6.07) is 5.09. The zero-order chi connectivity index (χ0) is 15.1. The highest BCUT2D eigenvalue weighted by Crippen LogP contribution is 2.23. The first-order valence-electron chi connectivity index (χ1n) is 6.32. The Kier molecular flexibility index (Phi) is 6.51. The normalized spacial score (nSPS) is 10.2. The summed E-state index contributed by atoms with van der Waals surface area (Å²) in [5, 5.41) is 5.30. The maximum Gasteiger partial charge on any atom is 0.255 e. The first-order valence-corrected chi connectivity index (χ1v) is 7.11. The SMILES string of the molecule is COc1cc(Br)ccc1C(=O)NCC(=O)NCC(C)C. The van der Waals surface area contributed by atoms with E-state index in [1.165, 1.54) is 7.11 Å². The van der Waals surface area contributed by atoms with Gasteiger partial charge in [0.1, 0.15) is 5.75 Å². The fourth-order valence-corrected chi connectivity index (χ4v) is 1.83. The molecule has 0 aliphatic heterocycles. The smallest absolute Gasteiger partial charge is 0.255 e. The first kappa shape index (κ1) is 16.5. The number of halogens is 1. The van der Waals surface area contributed by atoms with Gasteiger partial charge in [0.05, 0.1) is 19.2 Å². The monoisotopic (exact) mass is 342 g/mol. The summed E-state index contributed by atoms with van der Waals surface area (Å²) in [5.74, 6) is 0.290. The summed E-state index contributed by atoms with van der Waals surface area (Å²) >= 11 is 3.31. The van der Waals surface area contributed by atoms with Crippen molar-refractivity contribution >= 4 is 27.7 Å². The molecule has 6 heteroatoms. The summed E-state index contributed by atoms with van der Waals surface area (Å²) in [6.07, 6.45) is 0. The van der Waals surface area contributed by atoms with Crippen LogP contribution in [0.3, 0.4) is 0 Å². The lowest BCUT2D eigenvalue weighted by Gasteiger charge is -2.11. The Hall–Kier alpha value is -1.56. The summed E-state index contributed by atoms with van der Waals surface area (Å²) in [7, 11) is 1.49. The molecule has 110 valence electrons. The number of methoxy groups -OCH3 is 1. The van der Waals surface area contributed by atoms with E-state index in [0.29, 0.717) is 23.8 Å². The molecule has 2 amide bonds. The second kappa shape index (κ2) is 7.89. The fourth-order valence-electron chi connectivity index (χ4n) is 1.49. The van der Waals surface area contributed by atoms with Crippen LogP contribution in [-0.4, -0.2) is 32.0 Å². The zero-order valence-electron chi connectivity index (χ0n) is 11.8. The first-order chi connectivity index (χ1) is 9.43. The molecule has 0 saturated carbocycles. The highest BCUT2D eigenvalue weighted by Gasteiger charge is 2.13. The van der Waals surface area contributed by atoms with Gasteiger partial charge >= 0.3 is 0 Å². The van der Waals surface area contributed by atoms with E-state index < -0.39 is 0 Å². The molecule has 0 atom stereocenters. The molecule has 0 fully saturated rings. The van der Waals surface area contributed by atoms with Gasteiger partial charge in [-0.2, -0.15) is 0 Å².